The molecule has 9 heteroatoms. The first-order chi connectivity index (χ1) is 11.0. The van der Waals surface area contributed by atoms with Crippen molar-refractivity contribution < 1.29 is 17.6 Å². The first-order valence-corrected chi connectivity index (χ1v) is 9.16. The van der Waals surface area contributed by atoms with Crippen molar-refractivity contribution in [2.24, 2.45) is 0 Å². The summed E-state index contributed by atoms with van der Waals surface area (Å²) in [5.41, 5.74) is 0.0835. The van der Waals surface area contributed by atoms with Crippen LogP contribution in [0.1, 0.15) is 10.5 Å². The molecule has 2 aliphatic heterocycles. The van der Waals surface area contributed by atoms with Gasteiger partial charge in [-0.15, -0.1) is 0 Å². The topological polar surface area (TPSA) is 83.8 Å². The molecule has 0 unspecified atom stereocenters. The van der Waals surface area contributed by atoms with Crippen molar-refractivity contribution in [3.05, 3.63) is 36.0 Å². The Hall–Kier alpha value is -2.00. The molecule has 4 rings (SSSR count). The number of nitrogens with one attached hydrogen (secondary N) is 1. The maximum Gasteiger partial charge on any atom is 0.277 e. The van der Waals surface area contributed by atoms with Crippen molar-refractivity contribution in [3.8, 4) is 0 Å². The Morgan fingerprint density at radius 3 is 2.96 bits per heavy atom. The summed E-state index contributed by atoms with van der Waals surface area (Å²) in [6.07, 6.45) is 1.50. The molecular formula is C14H15FN4O3S. The second-order valence-corrected chi connectivity index (χ2v) is 8.04. The summed E-state index contributed by atoms with van der Waals surface area (Å²) in [7, 11) is -3.19. The van der Waals surface area contributed by atoms with Crippen LogP contribution in [0.4, 0.5) is 4.39 Å². The Kier molecular flexibility index (Phi) is 3.17. The smallest absolute Gasteiger partial charge is 0.277 e. The zero-order valence-corrected chi connectivity index (χ0v) is 13.0. The average molecular weight is 338 g/mol. The zero-order chi connectivity index (χ0) is 16.2. The van der Waals surface area contributed by atoms with E-state index in [0.717, 1.165) is 0 Å². The SMILES string of the molecule is O=C(c1nc2ccccn2c1F)N1CCN[C@@H]2CS(=O)(=O)C[C@@H]21. The van der Waals surface area contributed by atoms with Crippen LogP contribution in [-0.2, 0) is 9.84 Å². The number of pyridine rings is 1. The number of sulfone groups is 1. The minimum atomic E-state index is -3.19. The van der Waals surface area contributed by atoms with Gasteiger partial charge in [-0.05, 0) is 12.1 Å². The normalized spacial score (nSPS) is 26.4. The minimum absolute atomic E-state index is 0.00902. The van der Waals surface area contributed by atoms with E-state index in [4.69, 9.17) is 0 Å². The molecule has 2 saturated heterocycles. The van der Waals surface area contributed by atoms with Gasteiger partial charge in [0.05, 0.1) is 17.5 Å². The molecule has 0 spiro atoms. The summed E-state index contributed by atoms with van der Waals surface area (Å²) in [6, 6.07) is 4.21. The molecule has 0 radical (unpaired) electrons. The number of halogens is 1. The molecule has 2 aromatic heterocycles. The van der Waals surface area contributed by atoms with E-state index in [1.165, 1.54) is 15.5 Å². The van der Waals surface area contributed by atoms with Gasteiger partial charge >= 0.3 is 0 Å². The number of piperazine rings is 1. The number of hydrogen-bond acceptors (Lipinski definition) is 5. The van der Waals surface area contributed by atoms with Crippen molar-refractivity contribution in [1.82, 2.24) is 19.6 Å². The summed E-state index contributed by atoms with van der Waals surface area (Å²) >= 11 is 0. The van der Waals surface area contributed by atoms with E-state index in [9.17, 15) is 17.6 Å². The van der Waals surface area contributed by atoms with Crippen molar-refractivity contribution >= 4 is 21.4 Å². The Labute approximate surface area is 132 Å². The second-order valence-electron chi connectivity index (χ2n) is 5.88. The molecule has 2 fully saturated rings. The molecular weight excluding hydrogens is 323 g/mol. The van der Waals surface area contributed by atoms with Crippen LogP contribution in [0.5, 0.6) is 0 Å². The summed E-state index contributed by atoms with van der Waals surface area (Å²) < 4.78 is 39.3. The van der Waals surface area contributed by atoms with Crippen LogP contribution in [-0.4, -0.2) is 65.3 Å². The highest BCUT2D eigenvalue weighted by Crippen LogP contribution is 2.24. The van der Waals surface area contributed by atoms with Crippen LogP contribution in [0.15, 0.2) is 24.4 Å². The largest absolute Gasteiger partial charge is 0.330 e. The average Bonchev–Trinajstić information content (AvgIpc) is 3.02. The third-order valence-electron chi connectivity index (χ3n) is 4.42. The van der Waals surface area contributed by atoms with Gasteiger partial charge in [0, 0.05) is 25.3 Å². The van der Waals surface area contributed by atoms with Crippen LogP contribution in [0.3, 0.4) is 0 Å². The lowest BCUT2D eigenvalue weighted by molar-refractivity contribution is 0.0610. The van der Waals surface area contributed by atoms with E-state index in [-0.39, 0.29) is 23.2 Å². The lowest BCUT2D eigenvalue weighted by Crippen LogP contribution is -2.59. The number of amides is 1. The minimum Gasteiger partial charge on any atom is -0.330 e. The van der Waals surface area contributed by atoms with Gasteiger partial charge in [-0.25, -0.2) is 13.4 Å². The van der Waals surface area contributed by atoms with Gasteiger partial charge in [0.2, 0.25) is 5.95 Å². The summed E-state index contributed by atoms with van der Waals surface area (Å²) in [5, 5.41) is 3.12. The number of nitrogens with zero attached hydrogens (tertiary/aromatic N) is 3. The summed E-state index contributed by atoms with van der Waals surface area (Å²) in [4.78, 5) is 18.2. The van der Waals surface area contributed by atoms with Gasteiger partial charge in [-0.1, -0.05) is 6.07 Å². The Morgan fingerprint density at radius 1 is 1.35 bits per heavy atom. The van der Waals surface area contributed by atoms with Gasteiger partial charge in [0.15, 0.2) is 15.5 Å². The van der Waals surface area contributed by atoms with Crippen LogP contribution in [0.2, 0.25) is 0 Å². The first kappa shape index (κ1) is 14.6. The van der Waals surface area contributed by atoms with E-state index in [2.05, 4.69) is 10.3 Å². The van der Waals surface area contributed by atoms with Gasteiger partial charge in [0.25, 0.3) is 5.91 Å². The molecule has 0 aliphatic carbocycles. The van der Waals surface area contributed by atoms with Gasteiger partial charge in [-0.2, -0.15) is 4.39 Å². The van der Waals surface area contributed by atoms with Crippen LogP contribution >= 0.6 is 0 Å². The highest BCUT2D eigenvalue weighted by molar-refractivity contribution is 7.91. The van der Waals surface area contributed by atoms with E-state index in [0.29, 0.717) is 18.7 Å². The molecule has 0 aromatic carbocycles. The number of aromatic nitrogens is 2. The van der Waals surface area contributed by atoms with Gasteiger partial charge < -0.3 is 10.2 Å². The molecule has 1 N–H and O–H groups in total. The Balaban J connectivity index is 1.71. The van der Waals surface area contributed by atoms with Gasteiger partial charge in [-0.3, -0.25) is 9.20 Å². The number of carbonyl (C=O) groups excluding carboxylic acids is 1. The highest BCUT2D eigenvalue weighted by Gasteiger charge is 2.45. The molecule has 122 valence electrons. The number of imidazole rings is 1. The fourth-order valence-corrected chi connectivity index (χ4v) is 5.31. The van der Waals surface area contributed by atoms with Crippen LogP contribution in [0.25, 0.3) is 5.65 Å². The molecule has 1 amide bonds. The van der Waals surface area contributed by atoms with Crippen molar-refractivity contribution in [2.75, 3.05) is 24.6 Å². The van der Waals surface area contributed by atoms with Crippen LogP contribution < -0.4 is 5.32 Å². The maximum absolute atomic E-state index is 14.4. The Bertz CT molecular complexity index is 895. The van der Waals surface area contributed by atoms with Crippen molar-refractivity contribution in [3.63, 3.8) is 0 Å². The maximum atomic E-state index is 14.4. The fourth-order valence-electron chi connectivity index (χ4n) is 3.36. The number of hydrogen-bond donors (Lipinski definition) is 1. The van der Waals surface area contributed by atoms with E-state index in [1.54, 1.807) is 18.2 Å². The number of carbonyl (C=O) groups is 1. The monoisotopic (exact) mass is 338 g/mol. The standard InChI is InChI=1S/C14H15FN4O3S/c15-13-12(17-11-3-1-2-5-19(11)13)14(20)18-6-4-16-9-7-23(21,22)8-10(9)18/h1-3,5,9-10,16H,4,6-8H2/t9-,10+/m1/s1. The highest BCUT2D eigenvalue weighted by atomic mass is 32.2. The molecule has 4 heterocycles. The zero-order valence-electron chi connectivity index (χ0n) is 12.1. The molecule has 23 heavy (non-hydrogen) atoms. The molecule has 2 aromatic rings. The van der Waals surface area contributed by atoms with Crippen LogP contribution in [0, 0.1) is 5.95 Å². The second kappa shape index (κ2) is 5.00. The first-order valence-electron chi connectivity index (χ1n) is 7.34. The quantitative estimate of drug-likeness (QED) is 0.771. The third-order valence-corrected chi connectivity index (χ3v) is 6.13. The lowest BCUT2D eigenvalue weighted by Gasteiger charge is -2.36. The Morgan fingerprint density at radius 2 is 2.17 bits per heavy atom. The third kappa shape index (κ3) is 2.31. The van der Waals surface area contributed by atoms with Gasteiger partial charge in [0.1, 0.15) is 5.65 Å². The molecule has 2 aliphatic rings. The van der Waals surface area contributed by atoms with E-state index < -0.39 is 27.7 Å². The van der Waals surface area contributed by atoms with Crippen molar-refractivity contribution in [1.29, 1.82) is 0 Å². The number of fused-ring (bicyclic) bond motifs is 2. The predicted octanol–water partition coefficient (Wildman–Crippen LogP) is -0.316. The summed E-state index contributed by atoms with van der Waals surface area (Å²) in [5.74, 6) is -1.36. The summed E-state index contributed by atoms with van der Waals surface area (Å²) in [6.45, 7) is 0.820. The van der Waals surface area contributed by atoms with Crippen molar-refractivity contribution in [2.45, 2.75) is 12.1 Å². The molecule has 7 nitrogen and oxygen atoms in total. The molecule has 0 saturated carbocycles. The van der Waals surface area contributed by atoms with E-state index in [1.807, 2.05) is 0 Å². The lowest BCUT2D eigenvalue weighted by atomic mass is 10.1. The fraction of sp³-hybridized carbons (Fsp3) is 0.429. The molecule has 0 bridgehead atoms. The predicted molar refractivity (Wildman–Crippen MR) is 80.4 cm³/mol. The number of rotatable bonds is 1. The molecule has 2 atom stereocenters. The van der Waals surface area contributed by atoms with E-state index >= 15 is 0 Å².